The van der Waals surface area contributed by atoms with E-state index in [1.165, 1.54) is 17.4 Å². The first-order valence-corrected chi connectivity index (χ1v) is 18.4. The maximum atomic E-state index is 7.90. The zero-order valence-electron chi connectivity index (χ0n) is 27.4. The highest BCUT2D eigenvalue weighted by Gasteiger charge is 2.75. The number of hydrogen-bond acceptors (Lipinski definition) is 17. The number of fused-ring (bicyclic) bond motifs is 2. The van der Waals surface area contributed by atoms with Crippen LogP contribution in [-0.4, -0.2) is 85.0 Å². The Bertz CT molecular complexity index is 2180. The van der Waals surface area contributed by atoms with Gasteiger partial charge >= 0.3 is 0 Å². The van der Waals surface area contributed by atoms with Crippen molar-refractivity contribution in [3.8, 4) is 0 Å². The zero-order chi connectivity index (χ0) is 34.6. The van der Waals surface area contributed by atoms with Gasteiger partial charge < -0.3 is 18.4 Å². The van der Waals surface area contributed by atoms with Crippen LogP contribution in [0.15, 0.2) is 126 Å². The number of hydrazine groups is 1. The van der Waals surface area contributed by atoms with Crippen molar-refractivity contribution in [3.63, 3.8) is 0 Å². The molecule has 6 aromatic rings. The summed E-state index contributed by atoms with van der Waals surface area (Å²) in [5, 5.41) is 34.5. The van der Waals surface area contributed by atoms with Crippen LogP contribution in [0, 0.1) is 0 Å². The monoisotopic (exact) mass is 734 g/mol. The van der Waals surface area contributed by atoms with E-state index in [-0.39, 0.29) is 12.4 Å². The summed E-state index contributed by atoms with van der Waals surface area (Å²) >= 11 is 3.41. The molecule has 0 aliphatic carbocycles. The molecule has 4 aliphatic heterocycles. The highest BCUT2D eigenvalue weighted by atomic mass is 32.2. The minimum absolute atomic E-state index is 0.0839. The minimum Gasteiger partial charge on any atom is -0.446 e. The lowest BCUT2D eigenvalue weighted by atomic mass is 9.65. The second kappa shape index (κ2) is 12.8. The second-order valence-electron chi connectivity index (χ2n) is 12.5. The molecule has 0 spiro atoms. The van der Waals surface area contributed by atoms with E-state index in [0.717, 1.165) is 26.7 Å². The molecule has 10 rings (SSSR count). The predicted molar refractivity (Wildman–Crippen MR) is 182 cm³/mol. The topological polar surface area (TPSA) is 163 Å². The van der Waals surface area contributed by atoms with Gasteiger partial charge in [0.15, 0.2) is 5.60 Å². The third-order valence-corrected chi connectivity index (χ3v) is 12.4. The van der Waals surface area contributed by atoms with E-state index < -0.39 is 23.0 Å². The van der Waals surface area contributed by atoms with Gasteiger partial charge in [-0.05, 0) is 53.6 Å². The third kappa shape index (κ3) is 4.67. The van der Waals surface area contributed by atoms with Gasteiger partial charge in [-0.2, -0.15) is 15.2 Å². The molecule has 3 fully saturated rings. The van der Waals surface area contributed by atoms with Gasteiger partial charge in [0.05, 0.1) is 37.8 Å². The average molecular weight is 735 g/mol. The van der Waals surface area contributed by atoms with Crippen molar-refractivity contribution < 1.29 is 23.3 Å². The van der Waals surface area contributed by atoms with E-state index in [2.05, 4.69) is 78.5 Å². The van der Waals surface area contributed by atoms with Gasteiger partial charge in [-0.25, -0.2) is 4.98 Å². The molecule has 15 nitrogen and oxygen atoms in total. The number of hydroxylamine groups is 1. The molecular weight excluding hydrogens is 705 g/mol. The fourth-order valence-electron chi connectivity index (χ4n) is 7.84. The summed E-state index contributed by atoms with van der Waals surface area (Å²) in [7, 11) is 0. The van der Waals surface area contributed by atoms with Crippen LogP contribution >= 0.6 is 23.5 Å². The quantitative estimate of drug-likeness (QED) is 0.248. The summed E-state index contributed by atoms with van der Waals surface area (Å²) in [4.78, 5) is 15.6. The van der Waals surface area contributed by atoms with Gasteiger partial charge in [0.25, 0.3) is 0 Å². The van der Waals surface area contributed by atoms with Gasteiger partial charge in [-0.15, -0.1) is 15.4 Å². The predicted octanol–water partition coefficient (Wildman–Crippen LogP) is 4.17. The molecule has 1 N–H and O–H groups in total. The Labute approximate surface area is 305 Å². The Morgan fingerprint density at radius 1 is 0.808 bits per heavy atom. The standard InChI is InChI=1S/C35H30N10O5S2/c1-2-8-25-24(7-1)51-26-9-3-6-23(30(26)52-25)34(28-11-14-39-43-41-28)35(29-12-19-48-42-29,32-37-16-21-47-32)50-33(31-36-15-20-46-31,27-10-4-13-38-40-27)22-44(34)45-17-5-18-49-45/h1-4,6-15,19-20,32,37H,5,16-18,21-22H2. The number of nitrogens with zero attached hydrogens (tertiary/aromatic N) is 9. The second-order valence-corrected chi connectivity index (χ2v) is 14.7. The highest BCUT2D eigenvalue weighted by Crippen LogP contribution is 2.64. The average Bonchev–Trinajstić information content (AvgIpc) is 4.06. The maximum Gasteiger partial charge on any atom is 0.234 e. The van der Waals surface area contributed by atoms with Crippen LogP contribution in [0.3, 0.4) is 0 Å². The molecule has 52 heavy (non-hydrogen) atoms. The number of aromatic nitrogens is 7. The molecule has 0 bridgehead atoms. The van der Waals surface area contributed by atoms with Crippen LogP contribution < -0.4 is 5.32 Å². The lowest BCUT2D eigenvalue weighted by molar-refractivity contribution is -0.391. The van der Waals surface area contributed by atoms with Crippen LogP contribution in [0.5, 0.6) is 0 Å². The van der Waals surface area contributed by atoms with E-state index in [1.807, 2.05) is 23.4 Å². The highest BCUT2D eigenvalue weighted by molar-refractivity contribution is 8.05. The molecule has 3 saturated heterocycles. The Morgan fingerprint density at radius 3 is 2.46 bits per heavy atom. The molecule has 17 heteroatoms. The number of ether oxygens (including phenoxy) is 2. The summed E-state index contributed by atoms with van der Waals surface area (Å²) in [6.07, 6.45) is 7.80. The van der Waals surface area contributed by atoms with Gasteiger partial charge in [0.2, 0.25) is 11.5 Å². The molecule has 0 saturated carbocycles. The van der Waals surface area contributed by atoms with E-state index in [9.17, 15) is 0 Å². The Balaban J connectivity index is 1.37. The first kappa shape index (κ1) is 32.1. The lowest BCUT2D eigenvalue weighted by Gasteiger charge is -2.63. The summed E-state index contributed by atoms with van der Waals surface area (Å²) < 4.78 is 26.5. The Kier molecular flexibility index (Phi) is 7.91. The molecule has 0 amide bonds. The van der Waals surface area contributed by atoms with E-state index in [4.69, 9.17) is 33.3 Å². The van der Waals surface area contributed by atoms with E-state index >= 15 is 0 Å². The number of hydrogen-bond donors (Lipinski definition) is 1. The number of rotatable bonds is 7. The number of morpholine rings is 1. The molecular formula is C35H30N10O5S2. The Morgan fingerprint density at radius 2 is 1.73 bits per heavy atom. The number of oxazole rings is 1. The molecule has 0 radical (unpaired) electrons. The molecule has 2 aromatic carbocycles. The molecule has 4 atom stereocenters. The summed E-state index contributed by atoms with van der Waals surface area (Å²) in [5.41, 5.74) is -2.39. The van der Waals surface area contributed by atoms with E-state index in [1.54, 1.807) is 48.2 Å². The largest absolute Gasteiger partial charge is 0.446 e. The summed E-state index contributed by atoms with van der Waals surface area (Å²) in [6.45, 7) is 2.06. The van der Waals surface area contributed by atoms with Gasteiger partial charge in [0, 0.05) is 44.9 Å². The van der Waals surface area contributed by atoms with Gasteiger partial charge in [-0.3, -0.25) is 10.2 Å². The molecule has 262 valence electrons. The van der Waals surface area contributed by atoms with Crippen molar-refractivity contribution in [3.05, 3.63) is 126 Å². The summed E-state index contributed by atoms with van der Waals surface area (Å²) in [6, 6.07) is 22.0. The SMILES string of the molecule is c1cnnc(C2(c3ncco3)CN(N3CCCO3)C(c3ccnnn3)(c3cccc4c3Sc3ccccc3S4)C(c3ccon3)(C3NCCO3)O2)c1. The van der Waals surface area contributed by atoms with E-state index in [0.29, 0.717) is 43.4 Å². The van der Waals surface area contributed by atoms with Crippen LogP contribution in [-0.2, 0) is 31.1 Å². The van der Waals surface area contributed by atoms with Crippen molar-refractivity contribution in [2.24, 2.45) is 0 Å². The number of benzene rings is 2. The molecule has 4 aromatic heterocycles. The number of nitrogens with one attached hydrogen (secondary N) is 1. The fourth-order valence-corrected chi connectivity index (χ4v) is 10.3. The van der Waals surface area contributed by atoms with Crippen molar-refractivity contribution in [1.29, 1.82) is 0 Å². The zero-order valence-corrected chi connectivity index (χ0v) is 29.1. The van der Waals surface area contributed by atoms with Crippen molar-refractivity contribution in [2.45, 2.75) is 49.0 Å². The normalized spacial score (nSPS) is 27.7. The van der Waals surface area contributed by atoms with Crippen LogP contribution in [0.4, 0.5) is 0 Å². The first-order valence-electron chi connectivity index (χ1n) is 16.8. The smallest absolute Gasteiger partial charge is 0.234 e. The van der Waals surface area contributed by atoms with Crippen molar-refractivity contribution in [2.75, 3.05) is 32.8 Å². The Hall–Kier alpha value is -4.59. The molecule has 4 aliphatic rings. The summed E-state index contributed by atoms with van der Waals surface area (Å²) in [5.74, 6) is 0.256. The van der Waals surface area contributed by atoms with Crippen molar-refractivity contribution in [1.82, 2.24) is 51.2 Å². The third-order valence-electron chi connectivity index (χ3n) is 9.83. The van der Waals surface area contributed by atoms with Gasteiger partial charge in [-0.1, -0.05) is 52.9 Å². The van der Waals surface area contributed by atoms with Crippen LogP contribution in [0.25, 0.3) is 0 Å². The molecule has 8 heterocycles. The van der Waals surface area contributed by atoms with Crippen LogP contribution in [0.1, 0.15) is 35.0 Å². The lowest BCUT2D eigenvalue weighted by Crippen LogP contribution is -2.78. The fraction of sp³-hybridized carbons (Fsp3) is 0.286. The van der Waals surface area contributed by atoms with Crippen LogP contribution in [0.2, 0.25) is 0 Å². The van der Waals surface area contributed by atoms with Crippen molar-refractivity contribution >= 4 is 23.5 Å². The van der Waals surface area contributed by atoms with Gasteiger partial charge in [0.1, 0.15) is 35.7 Å². The maximum absolute atomic E-state index is 7.90. The molecule has 4 unspecified atom stereocenters. The first-order chi connectivity index (χ1) is 25.7. The minimum atomic E-state index is -1.67.